The maximum atomic E-state index is 12.9. The molecule has 0 amide bonds. The van der Waals surface area contributed by atoms with Crippen LogP contribution in [-0.4, -0.2) is 10.1 Å². The summed E-state index contributed by atoms with van der Waals surface area (Å²) in [6, 6.07) is 3.74. The van der Waals surface area contributed by atoms with Gasteiger partial charge < -0.3 is 4.52 Å². The van der Waals surface area contributed by atoms with Gasteiger partial charge in [-0.2, -0.15) is 4.98 Å². The topological polar surface area (TPSA) is 38.9 Å². The molecule has 0 bridgehead atoms. The molecule has 2 rings (SSSR count). The third-order valence-electron chi connectivity index (χ3n) is 1.82. The first-order chi connectivity index (χ1) is 7.65. The first-order valence-electron chi connectivity index (χ1n) is 4.52. The largest absolute Gasteiger partial charge is 0.338 e. The fraction of sp³-hybridized carbons (Fsp3) is 0.200. The van der Waals surface area contributed by atoms with Gasteiger partial charge in [-0.1, -0.05) is 5.16 Å². The van der Waals surface area contributed by atoms with Crippen LogP contribution in [0, 0.1) is 18.6 Å². The highest BCUT2D eigenvalue weighted by atomic mass is 32.2. The van der Waals surface area contributed by atoms with Gasteiger partial charge in [-0.3, -0.25) is 0 Å². The number of thioether (sulfide) groups is 1. The summed E-state index contributed by atoms with van der Waals surface area (Å²) in [5, 5.41) is 3.63. The first-order valence-corrected chi connectivity index (χ1v) is 5.51. The normalized spacial score (nSPS) is 10.7. The highest BCUT2D eigenvalue weighted by molar-refractivity contribution is 7.98. The molecule has 0 N–H and O–H groups in total. The predicted molar refractivity (Wildman–Crippen MR) is 55.0 cm³/mol. The van der Waals surface area contributed by atoms with Gasteiger partial charge >= 0.3 is 0 Å². The van der Waals surface area contributed by atoms with E-state index in [0.29, 0.717) is 22.4 Å². The SMILES string of the molecule is Cc1noc(CSc2ccc(F)c(F)c2)n1. The zero-order valence-corrected chi connectivity index (χ0v) is 9.22. The molecule has 0 atom stereocenters. The fourth-order valence-electron chi connectivity index (χ4n) is 1.11. The molecule has 0 saturated carbocycles. The molecule has 16 heavy (non-hydrogen) atoms. The maximum Gasteiger partial charge on any atom is 0.236 e. The molecule has 84 valence electrons. The highest BCUT2D eigenvalue weighted by Crippen LogP contribution is 2.23. The number of halogens is 2. The van der Waals surface area contributed by atoms with E-state index in [1.54, 1.807) is 6.92 Å². The Morgan fingerprint density at radius 1 is 1.31 bits per heavy atom. The van der Waals surface area contributed by atoms with E-state index in [9.17, 15) is 8.78 Å². The lowest BCUT2D eigenvalue weighted by Gasteiger charge is -1.98. The lowest BCUT2D eigenvalue weighted by atomic mass is 10.3. The van der Waals surface area contributed by atoms with Crippen LogP contribution in [0.4, 0.5) is 8.78 Å². The second-order valence-corrected chi connectivity index (χ2v) is 4.15. The summed E-state index contributed by atoms with van der Waals surface area (Å²) in [4.78, 5) is 4.62. The van der Waals surface area contributed by atoms with E-state index < -0.39 is 11.6 Å². The van der Waals surface area contributed by atoms with Crippen LogP contribution in [0.3, 0.4) is 0 Å². The van der Waals surface area contributed by atoms with Gasteiger partial charge in [0.25, 0.3) is 0 Å². The van der Waals surface area contributed by atoms with Crippen LogP contribution in [0.1, 0.15) is 11.7 Å². The van der Waals surface area contributed by atoms with Crippen LogP contribution in [0.15, 0.2) is 27.6 Å². The number of hydrogen-bond donors (Lipinski definition) is 0. The lowest BCUT2D eigenvalue weighted by molar-refractivity contribution is 0.387. The molecule has 0 aliphatic rings. The number of rotatable bonds is 3. The summed E-state index contributed by atoms with van der Waals surface area (Å²) >= 11 is 1.31. The van der Waals surface area contributed by atoms with Crippen molar-refractivity contribution < 1.29 is 13.3 Å². The van der Waals surface area contributed by atoms with Gasteiger partial charge in [0.15, 0.2) is 17.5 Å². The van der Waals surface area contributed by atoms with Gasteiger partial charge in [-0.25, -0.2) is 8.78 Å². The number of aryl methyl sites for hydroxylation is 1. The van der Waals surface area contributed by atoms with E-state index in [1.807, 2.05) is 0 Å². The first kappa shape index (κ1) is 11.1. The molecule has 1 aromatic carbocycles. The number of nitrogens with zero attached hydrogens (tertiary/aromatic N) is 2. The third-order valence-corrected chi connectivity index (χ3v) is 2.80. The van der Waals surface area contributed by atoms with Crippen LogP contribution in [0.2, 0.25) is 0 Å². The van der Waals surface area contributed by atoms with Gasteiger partial charge in [-0.05, 0) is 25.1 Å². The molecule has 0 radical (unpaired) electrons. The van der Waals surface area contributed by atoms with Gasteiger partial charge in [0.2, 0.25) is 5.89 Å². The second kappa shape index (κ2) is 4.61. The molecule has 6 heteroatoms. The Labute approximate surface area is 94.9 Å². The van der Waals surface area contributed by atoms with Crippen LogP contribution in [-0.2, 0) is 5.75 Å². The Balaban J connectivity index is 2.02. The van der Waals surface area contributed by atoms with Crippen LogP contribution < -0.4 is 0 Å². The minimum atomic E-state index is -0.855. The summed E-state index contributed by atoms with van der Waals surface area (Å²) in [6.07, 6.45) is 0. The van der Waals surface area contributed by atoms with Gasteiger partial charge in [0.1, 0.15) is 0 Å². The van der Waals surface area contributed by atoms with Crippen LogP contribution >= 0.6 is 11.8 Å². The molecule has 1 heterocycles. The average Bonchev–Trinajstić information content (AvgIpc) is 2.66. The number of aromatic nitrogens is 2. The third kappa shape index (κ3) is 2.57. The smallest absolute Gasteiger partial charge is 0.236 e. The minimum absolute atomic E-state index is 0.436. The minimum Gasteiger partial charge on any atom is -0.338 e. The van der Waals surface area contributed by atoms with Crippen LogP contribution in [0.5, 0.6) is 0 Å². The van der Waals surface area contributed by atoms with Gasteiger partial charge in [-0.15, -0.1) is 11.8 Å². The zero-order chi connectivity index (χ0) is 11.5. The highest BCUT2D eigenvalue weighted by Gasteiger charge is 2.06. The molecule has 1 aromatic heterocycles. The molecule has 0 aliphatic heterocycles. The van der Waals surface area contributed by atoms with Crippen molar-refractivity contribution in [3.05, 3.63) is 41.5 Å². The summed E-state index contributed by atoms with van der Waals surface area (Å²) < 4.78 is 30.4. The van der Waals surface area contributed by atoms with Crippen molar-refractivity contribution in [2.45, 2.75) is 17.6 Å². The van der Waals surface area contributed by atoms with E-state index >= 15 is 0 Å². The molecule has 0 unspecified atom stereocenters. The van der Waals surface area contributed by atoms with Crippen molar-refractivity contribution in [2.24, 2.45) is 0 Å². The Morgan fingerprint density at radius 2 is 2.12 bits per heavy atom. The molecule has 2 aromatic rings. The number of benzene rings is 1. The molecule has 0 fully saturated rings. The Kier molecular flexibility index (Phi) is 3.19. The number of hydrogen-bond acceptors (Lipinski definition) is 4. The Morgan fingerprint density at radius 3 is 2.75 bits per heavy atom. The zero-order valence-electron chi connectivity index (χ0n) is 8.41. The van der Waals surface area contributed by atoms with E-state index in [1.165, 1.54) is 17.8 Å². The molecular weight excluding hydrogens is 234 g/mol. The summed E-state index contributed by atoms with van der Waals surface area (Å²) in [6.45, 7) is 1.72. The fourth-order valence-corrected chi connectivity index (χ4v) is 1.87. The van der Waals surface area contributed by atoms with E-state index in [-0.39, 0.29) is 0 Å². The van der Waals surface area contributed by atoms with Crippen molar-refractivity contribution in [1.82, 2.24) is 10.1 Å². The van der Waals surface area contributed by atoms with E-state index in [2.05, 4.69) is 10.1 Å². The van der Waals surface area contributed by atoms with Crippen LogP contribution in [0.25, 0.3) is 0 Å². The summed E-state index contributed by atoms with van der Waals surface area (Å²) in [5.41, 5.74) is 0. The standard InChI is InChI=1S/C10H8F2N2OS/c1-6-13-10(15-14-6)5-16-7-2-3-8(11)9(12)4-7/h2-4H,5H2,1H3. The lowest BCUT2D eigenvalue weighted by Crippen LogP contribution is -1.85. The molecular formula is C10H8F2N2OS. The molecule has 0 saturated heterocycles. The van der Waals surface area contributed by atoms with Crippen molar-refractivity contribution in [1.29, 1.82) is 0 Å². The maximum absolute atomic E-state index is 12.9. The van der Waals surface area contributed by atoms with Crippen molar-refractivity contribution >= 4 is 11.8 Å². The van der Waals surface area contributed by atoms with E-state index in [0.717, 1.165) is 12.1 Å². The Bertz CT molecular complexity index is 501. The van der Waals surface area contributed by atoms with Crippen molar-refractivity contribution in [3.8, 4) is 0 Å². The summed E-state index contributed by atoms with van der Waals surface area (Å²) in [5.74, 6) is -0.246. The van der Waals surface area contributed by atoms with Gasteiger partial charge in [0, 0.05) is 4.90 Å². The Hall–Kier alpha value is -1.43. The monoisotopic (exact) mass is 242 g/mol. The molecule has 0 aliphatic carbocycles. The van der Waals surface area contributed by atoms with Gasteiger partial charge in [0.05, 0.1) is 5.75 Å². The quantitative estimate of drug-likeness (QED) is 0.776. The second-order valence-electron chi connectivity index (χ2n) is 3.10. The van der Waals surface area contributed by atoms with Crippen molar-refractivity contribution in [3.63, 3.8) is 0 Å². The van der Waals surface area contributed by atoms with E-state index in [4.69, 9.17) is 4.52 Å². The summed E-state index contributed by atoms with van der Waals surface area (Å²) in [7, 11) is 0. The molecule has 0 spiro atoms. The van der Waals surface area contributed by atoms with Crippen molar-refractivity contribution in [2.75, 3.05) is 0 Å². The molecule has 3 nitrogen and oxygen atoms in total. The predicted octanol–water partition coefficient (Wildman–Crippen LogP) is 2.95. The average molecular weight is 242 g/mol.